The maximum absolute atomic E-state index is 11.5. The van der Waals surface area contributed by atoms with Gasteiger partial charge in [-0.05, 0) is 27.2 Å². The highest BCUT2D eigenvalue weighted by Crippen LogP contribution is 2.08. The van der Waals surface area contributed by atoms with Crippen molar-refractivity contribution in [2.45, 2.75) is 39.7 Å². The van der Waals surface area contributed by atoms with E-state index in [0.717, 1.165) is 6.42 Å². The van der Waals surface area contributed by atoms with Gasteiger partial charge in [-0.3, -0.25) is 14.9 Å². The highest BCUT2D eigenvalue weighted by Gasteiger charge is 2.23. The fraction of sp³-hybridized carbons (Fsp3) is 0.545. The molecule has 0 aliphatic rings. The highest BCUT2D eigenvalue weighted by molar-refractivity contribution is 6.39. The molecule has 1 rings (SSSR count). The number of hydrogen-bond acceptors (Lipinski definition) is 4. The summed E-state index contributed by atoms with van der Waals surface area (Å²) in [7, 11) is 0. The molecule has 1 aromatic rings. The third-order valence-corrected chi connectivity index (χ3v) is 2.41. The summed E-state index contributed by atoms with van der Waals surface area (Å²) in [5.41, 5.74) is -0.409. The van der Waals surface area contributed by atoms with Gasteiger partial charge in [0.15, 0.2) is 5.82 Å². The summed E-state index contributed by atoms with van der Waals surface area (Å²) >= 11 is 0. The topological polar surface area (TPSA) is 84.2 Å². The van der Waals surface area contributed by atoms with Crippen molar-refractivity contribution in [2.75, 3.05) is 5.32 Å². The summed E-state index contributed by atoms with van der Waals surface area (Å²) in [6, 6.07) is 1.54. The van der Waals surface area contributed by atoms with Gasteiger partial charge < -0.3 is 9.84 Å². The van der Waals surface area contributed by atoms with Gasteiger partial charge in [0, 0.05) is 11.6 Å². The lowest BCUT2D eigenvalue weighted by Crippen LogP contribution is -2.47. The van der Waals surface area contributed by atoms with Crippen LogP contribution in [0.1, 0.15) is 33.0 Å². The van der Waals surface area contributed by atoms with Gasteiger partial charge in [-0.2, -0.15) is 0 Å². The second kappa shape index (κ2) is 4.99. The number of hydrogen-bond donors (Lipinski definition) is 2. The van der Waals surface area contributed by atoms with Gasteiger partial charge in [-0.25, -0.2) is 0 Å². The molecule has 0 fully saturated rings. The molecule has 6 heteroatoms. The second-order valence-electron chi connectivity index (χ2n) is 4.47. The first-order valence-electron chi connectivity index (χ1n) is 5.41. The average Bonchev–Trinajstić information content (AvgIpc) is 2.63. The number of aryl methyl sites for hydroxylation is 1. The monoisotopic (exact) mass is 239 g/mol. The summed E-state index contributed by atoms with van der Waals surface area (Å²) < 4.78 is 4.77. The summed E-state index contributed by atoms with van der Waals surface area (Å²) in [4.78, 5) is 23.1. The minimum atomic E-state index is -0.750. The number of carbonyl (C=O) groups is 2. The van der Waals surface area contributed by atoms with Crippen LogP contribution in [0.25, 0.3) is 0 Å². The lowest BCUT2D eigenvalue weighted by molar-refractivity contribution is -0.137. The molecule has 0 saturated carbocycles. The van der Waals surface area contributed by atoms with Crippen molar-refractivity contribution in [3.8, 4) is 0 Å². The number of nitrogens with zero attached hydrogens (tertiary/aromatic N) is 1. The van der Waals surface area contributed by atoms with Gasteiger partial charge in [0.05, 0.1) is 0 Å². The van der Waals surface area contributed by atoms with Crippen LogP contribution in [0, 0.1) is 6.92 Å². The van der Waals surface area contributed by atoms with Crippen molar-refractivity contribution in [1.29, 1.82) is 0 Å². The zero-order valence-corrected chi connectivity index (χ0v) is 10.5. The molecule has 17 heavy (non-hydrogen) atoms. The minimum absolute atomic E-state index is 0.233. The van der Waals surface area contributed by atoms with Crippen LogP contribution >= 0.6 is 0 Å². The Bertz CT molecular complexity index is 423. The Kier molecular flexibility index (Phi) is 3.88. The molecular formula is C11H17N3O3. The summed E-state index contributed by atoms with van der Waals surface area (Å²) in [6.45, 7) is 7.32. The predicted octanol–water partition coefficient (Wildman–Crippen LogP) is 1.23. The number of amides is 2. The first-order valence-corrected chi connectivity index (χ1v) is 5.41. The van der Waals surface area contributed by atoms with E-state index in [1.807, 2.05) is 20.8 Å². The zero-order chi connectivity index (χ0) is 13.1. The SMILES string of the molecule is CCC(C)(C)NC(=O)C(=O)Nc1cc(C)on1. The molecule has 6 nitrogen and oxygen atoms in total. The van der Waals surface area contributed by atoms with Crippen LogP contribution in [0.15, 0.2) is 10.6 Å². The van der Waals surface area contributed by atoms with Crippen LogP contribution in [0.2, 0.25) is 0 Å². The van der Waals surface area contributed by atoms with Crippen molar-refractivity contribution >= 4 is 17.6 Å². The molecule has 0 atom stereocenters. The summed E-state index contributed by atoms with van der Waals surface area (Å²) in [5.74, 6) is -0.635. The van der Waals surface area contributed by atoms with Crippen molar-refractivity contribution in [2.24, 2.45) is 0 Å². The second-order valence-corrected chi connectivity index (χ2v) is 4.47. The van der Waals surface area contributed by atoms with E-state index in [1.54, 1.807) is 6.92 Å². The standard InChI is InChI=1S/C11H17N3O3/c1-5-11(3,4)13-10(16)9(15)12-8-6-7(2)17-14-8/h6H,5H2,1-4H3,(H,13,16)(H,12,14,15). The molecule has 1 heterocycles. The van der Waals surface area contributed by atoms with Gasteiger partial charge in [-0.15, -0.1) is 0 Å². The quantitative estimate of drug-likeness (QED) is 0.777. The van der Waals surface area contributed by atoms with Crippen molar-refractivity contribution < 1.29 is 14.1 Å². The molecule has 0 aliphatic carbocycles. The number of carbonyl (C=O) groups excluding carboxylic acids is 2. The van der Waals surface area contributed by atoms with Crippen LogP contribution in [0.3, 0.4) is 0 Å². The maximum atomic E-state index is 11.5. The largest absolute Gasteiger partial charge is 0.360 e. The van der Waals surface area contributed by atoms with E-state index in [-0.39, 0.29) is 5.82 Å². The van der Waals surface area contributed by atoms with Crippen LogP contribution in [0.5, 0.6) is 0 Å². The van der Waals surface area contributed by atoms with E-state index in [2.05, 4.69) is 15.8 Å². The third-order valence-electron chi connectivity index (χ3n) is 2.41. The average molecular weight is 239 g/mol. The molecule has 0 bridgehead atoms. The van der Waals surface area contributed by atoms with Crippen molar-refractivity contribution in [3.05, 3.63) is 11.8 Å². The Hall–Kier alpha value is -1.85. The molecule has 94 valence electrons. The van der Waals surface area contributed by atoms with Crippen LogP contribution in [-0.2, 0) is 9.59 Å². The number of nitrogens with one attached hydrogen (secondary N) is 2. The van der Waals surface area contributed by atoms with E-state index < -0.39 is 17.4 Å². The van der Waals surface area contributed by atoms with Gasteiger partial charge in [0.2, 0.25) is 0 Å². The Balaban J connectivity index is 2.56. The van der Waals surface area contributed by atoms with Gasteiger partial charge in [-0.1, -0.05) is 12.1 Å². The molecule has 0 saturated heterocycles. The van der Waals surface area contributed by atoms with E-state index in [1.165, 1.54) is 6.07 Å². The smallest absolute Gasteiger partial charge is 0.314 e. The van der Waals surface area contributed by atoms with Crippen LogP contribution in [0.4, 0.5) is 5.82 Å². The first-order chi connectivity index (χ1) is 7.84. The summed E-state index contributed by atoms with van der Waals surface area (Å²) in [5, 5.41) is 8.54. The fourth-order valence-corrected chi connectivity index (χ4v) is 1.05. The normalized spacial score (nSPS) is 11.1. The zero-order valence-electron chi connectivity index (χ0n) is 10.5. The molecular weight excluding hydrogens is 222 g/mol. The molecule has 0 aromatic carbocycles. The van der Waals surface area contributed by atoms with Crippen LogP contribution < -0.4 is 10.6 Å². The van der Waals surface area contributed by atoms with Crippen molar-refractivity contribution in [3.63, 3.8) is 0 Å². The lowest BCUT2D eigenvalue weighted by atomic mass is 10.0. The Labute approximate surface area is 99.7 Å². The Morgan fingerprint density at radius 1 is 1.41 bits per heavy atom. The number of anilines is 1. The predicted molar refractivity (Wildman–Crippen MR) is 62.4 cm³/mol. The van der Waals surface area contributed by atoms with Crippen molar-refractivity contribution in [1.82, 2.24) is 10.5 Å². The summed E-state index contributed by atoms with van der Waals surface area (Å²) in [6.07, 6.45) is 0.731. The molecule has 2 amide bonds. The van der Waals surface area contributed by atoms with Gasteiger partial charge in [0.25, 0.3) is 0 Å². The molecule has 0 spiro atoms. The molecule has 1 aromatic heterocycles. The first kappa shape index (κ1) is 13.2. The molecule has 0 aliphatic heterocycles. The van der Waals surface area contributed by atoms with E-state index >= 15 is 0 Å². The fourth-order valence-electron chi connectivity index (χ4n) is 1.05. The van der Waals surface area contributed by atoms with Gasteiger partial charge >= 0.3 is 11.8 Å². The maximum Gasteiger partial charge on any atom is 0.314 e. The van der Waals surface area contributed by atoms with E-state index in [9.17, 15) is 9.59 Å². The lowest BCUT2D eigenvalue weighted by Gasteiger charge is -2.23. The molecule has 0 unspecified atom stereocenters. The number of rotatable bonds is 3. The minimum Gasteiger partial charge on any atom is -0.360 e. The van der Waals surface area contributed by atoms with Gasteiger partial charge in [0.1, 0.15) is 5.76 Å². The number of aromatic nitrogens is 1. The Morgan fingerprint density at radius 2 is 2.06 bits per heavy atom. The third kappa shape index (κ3) is 3.90. The highest BCUT2D eigenvalue weighted by atomic mass is 16.5. The van der Waals surface area contributed by atoms with E-state index in [4.69, 9.17) is 4.52 Å². The Morgan fingerprint density at radius 3 is 2.53 bits per heavy atom. The van der Waals surface area contributed by atoms with Crippen LogP contribution in [-0.4, -0.2) is 22.5 Å². The molecule has 2 N–H and O–H groups in total. The van der Waals surface area contributed by atoms with E-state index in [0.29, 0.717) is 5.76 Å². The molecule has 0 radical (unpaired) electrons.